The Balaban J connectivity index is 2.55. The van der Waals surface area contributed by atoms with E-state index < -0.39 is 0 Å². The molecule has 4 nitrogen and oxygen atoms in total. The van der Waals surface area contributed by atoms with E-state index in [1.54, 1.807) is 4.90 Å². The van der Waals surface area contributed by atoms with Crippen LogP contribution in [-0.4, -0.2) is 53.2 Å². The van der Waals surface area contributed by atoms with Gasteiger partial charge in [0.15, 0.2) is 0 Å². The second-order valence-electron chi connectivity index (χ2n) is 3.63. The minimum absolute atomic E-state index is 0.0532. The molecule has 1 N–H and O–H groups in total. The highest BCUT2D eigenvalue weighted by Gasteiger charge is 2.26. The lowest BCUT2D eigenvalue weighted by molar-refractivity contribution is 0.105. The standard InChI is InChI=1S/C9H18N2O2/c1-8(2)11-5-3-4-10(6-7-12)9(11)13/h8,12H,3-7H2,1-2H3. The number of aliphatic hydroxyl groups excluding tert-OH is 1. The third-order valence-corrected chi connectivity index (χ3v) is 2.34. The number of carbonyl (C=O) groups is 1. The van der Waals surface area contributed by atoms with Crippen LogP contribution in [0.2, 0.25) is 0 Å². The third-order valence-electron chi connectivity index (χ3n) is 2.34. The summed E-state index contributed by atoms with van der Waals surface area (Å²) in [7, 11) is 0. The van der Waals surface area contributed by atoms with E-state index in [-0.39, 0.29) is 18.7 Å². The summed E-state index contributed by atoms with van der Waals surface area (Å²) >= 11 is 0. The maximum absolute atomic E-state index is 11.7. The van der Waals surface area contributed by atoms with Crippen molar-refractivity contribution in [3.8, 4) is 0 Å². The average molecular weight is 186 g/mol. The number of β-amino-alcohol motifs (C(OH)–C–C–N with tert-alkyl or cyclic N) is 1. The summed E-state index contributed by atoms with van der Waals surface area (Å²) in [5.41, 5.74) is 0. The van der Waals surface area contributed by atoms with E-state index in [2.05, 4.69) is 0 Å². The van der Waals surface area contributed by atoms with Gasteiger partial charge in [0.1, 0.15) is 0 Å². The quantitative estimate of drug-likeness (QED) is 0.698. The minimum Gasteiger partial charge on any atom is -0.395 e. The van der Waals surface area contributed by atoms with Crippen LogP contribution in [0, 0.1) is 0 Å². The van der Waals surface area contributed by atoms with E-state index in [0.717, 1.165) is 19.5 Å². The fourth-order valence-electron chi connectivity index (χ4n) is 1.61. The van der Waals surface area contributed by atoms with Gasteiger partial charge in [0.25, 0.3) is 0 Å². The van der Waals surface area contributed by atoms with Gasteiger partial charge in [-0.3, -0.25) is 0 Å². The minimum atomic E-state index is 0.0532. The second-order valence-corrected chi connectivity index (χ2v) is 3.63. The first-order valence-corrected chi connectivity index (χ1v) is 4.83. The predicted octanol–water partition coefficient (Wildman–Crippen LogP) is 0.515. The summed E-state index contributed by atoms with van der Waals surface area (Å²) in [6, 6.07) is 0.323. The normalized spacial score (nSPS) is 18.6. The van der Waals surface area contributed by atoms with Crippen LogP contribution in [0.25, 0.3) is 0 Å². The zero-order chi connectivity index (χ0) is 9.84. The fraction of sp³-hybridized carbons (Fsp3) is 0.889. The van der Waals surface area contributed by atoms with Crippen molar-refractivity contribution in [2.75, 3.05) is 26.2 Å². The molecule has 0 bridgehead atoms. The van der Waals surface area contributed by atoms with Crippen LogP contribution in [0.1, 0.15) is 20.3 Å². The molecule has 0 aromatic rings. The highest BCUT2D eigenvalue weighted by molar-refractivity contribution is 5.75. The fourth-order valence-corrected chi connectivity index (χ4v) is 1.61. The molecule has 13 heavy (non-hydrogen) atoms. The number of nitrogens with zero attached hydrogens (tertiary/aromatic N) is 2. The second kappa shape index (κ2) is 4.46. The van der Waals surface area contributed by atoms with Crippen LogP contribution >= 0.6 is 0 Å². The summed E-state index contributed by atoms with van der Waals surface area (Å²) in [5, 5.41) is 8.75. The lowest BCUT2D eigenvalue weighted by Crippen LogP contribution is -2.52. The van der Waals surface area contributed by atoms with Crippen LogP contribution in [0.3, 0.4) is 0 Å². The first kappa shape index (κ1) is 10.3. The van der Waals surface area contributed by atoms with Crippen molar-refractivity contribution in [2.45, 2.75) is 26.3 Å². The van der Waals surface area contributed by atoms with E-state index in [9.17, 15) is 4.79 Å². The van der Waals surface area contributed by atoms with E-state index in [0.29, 0.717) is 6.54 Å². The molecule has 1 aliphatic heterocycles. The SMILES string of the molecule is CC(C)N1CCCN(CCO)C1=O. The molecule has 1 rings (SSSR count). The van der Waals surface area contributed by atoms with Crippen LogP contribution < -0.4 is 0 Å². The number of aliphatic hydroxyl groups is 1. The molecule has 1 fully saturated rings. The predicted molar refractivity (Wildman–Crippen MR) is 50.5 cm³/mol. The molecule has 0 aromatic carbocycles. The number of hydrogen-bond acceptors (Lipinski definition) is 2. The molecule has 0 unspecified atom stereocenters. The highest BCUT2D eigenvalue weighted by Crippen LogP contribution is 2.11. The van der Waals surface area contributed by atoms with Crippen molar-refractivity contribution in [2.24, 2.45) is 0 Å². The Morgan fingerprint density at radius 2 is 2.15 bits per heavy atom. The third kappa shape index (κ3) is 2.34. The maximum Gasteiger partial charge on any atom is 0.320 e. The van der Waals surface area contributed by atoms with Gasteiger partial charge in [-0.25, -0.2) is 4.79 Å². The highest BCUT2D eigenvalue weighted by atomic mass is 16.3. The van der Waals surface area contributed by atoms with Gasteiger partial charge in [0.2, 0.25) is 0 Å². The van der Waals surface area contributed by atoms with Crippen molar-refractivity contribution >= 4 is 6.03 Å². The van der Waals surface area contributed by atoms with E-state index in [1.165, 1.54) is 0 Å². The summed E-state index contributed by atoms with van der Waals surface area (Å²) in [5.74, 6) is 0. The summed E-state index contributed by atoms with van der Waals surface area (Å²) < 4.78 is 0. The molecule has 4 heteroatoms. The summed E-state index contributed by atoms with van der Waals surface area (Å²) in [6.07, 6.45) is 1.00. The summed E-state index contributed by atoms with van der Waals surface area (Å²) in [6.45, 7) is 6.17. The Hall–Kier alpha value is -0.770. The Morgan fingerprint density at radius 1 is 1.46 bits per heavy atom. The van der Waals surface area contributed by atoms with Crippen molar-refractivity contribution in [3.63, 3.8) is 0 Å². The number of hydrogen-bond donors (Lipinski definition) is 1. The molecule has 0 spiro atoms. The molecule has 2 amide bonds. The Kier molecular flexibility index (Phi) is 3.54. The van der Waals surface area contributed by atoms with Crippen LogP contribution in [0.15, 0.2) is 0 Å². The Morgan fingerprint density at radius 3 is 2.69 bits per heavy atom. The van der Waals surface area contributed by atoms with Gasteiger partial charge in [-0.2, -0.15) is 0 Å². The zero-order valence-electron chi connectivity index (χ0n) is 8.36. The molecule has 0 aliphatic carbocycles. The number of rotatable bonds is 3. The lowest BCUT2D eigenvalue weighted by atomic mass is 10.2. The van der Waals surface area contributed by atoms with Crippen molar-refractivity contribution in [1.82, 2.24) is 9.80 Å². The van der Waals surface area contributed by atoms with Gasteiger partial charge in [-0.1, -0.05) is 0 Å². The van der Waals surface area contributed by atoms with Crippen molar-refractivity contribution in [1.29, 1.82) is 0 Å². The molecular formula is C9H18N2O2. The molecule has 0 aromatic heterocycles. The molecule has 0 saturated carbocycles. The van der Waals surface area contributed by atoms with Crippen LogP contribution in [0.4, 0.5) is 4.79 Å². The van der Waals surface area contributed by atoms with Gasteiger partial charge in [0, 0.05) is 25.7 Å². The molecule has 1 aliphatic rings. The molecule has 0 radical (unpaired) electrons. The molecular weight excluding hydrogens is 168 g/mol. The lowest BCUT2D eigenvalue weighted by Gasteiger charge is -2.37. The number of carbonyl (C=O) groups excluding carboxylic acids is 1. The first-order chi connectivity index (χ1) is 6.16. The number of urea groups is 1. The molecule has 1 saturated heterocycles. The molecule has 1 heterocycles. The topological polar surface area (TPSA) is 43.8 Å². The maximum atomic E-state index is 11.7. The van der Waals surface area contributed by atoms with Gasteiger partial charge >= 0.3 is 6.03 Å². The number of amides is 2. The largest absolute Gasteiger partial charge is 0.395 e. The smallest absolute Gasteiger partial charge is 0.320 e. The van der Waals surface area contributed by atoms with Crippen molar-refractivity contribution in [3.05, 3.63) is 0 Å². The molecule has 76 valence electrons. The van der Waals surface area contributed by atoms with Gasteiger partial charge < -0.3 is 14.9 Å². The molecule has 0 atom stereocenters. The Bertz CT molecular complexity index is 180. The van der Waals surface area contributed by atoms with Gasteiger partial charge in [0.05, 0.1) is 6.61 Å². The van der Waals surface area contributed by atoms with Crippen LogP contribution in [-0.2, 0) is 0 Å². The van der Waals surface area contributed by atoms with Gasteiger partial charge in [-0.15, -0.1) is 0 Å². The zero-order valence-corrected chi connectivity index (χ0v) is 8.36. The average Bonchev–Trinajstić information content (AvgIpc) is 2.08. The van der Waals surface area contributed by atoms with Crippen LogP contribution in [0.5, 0.6) is 0 Å². The monoisotopic (exact) mass is 186 g/mol. The van der Waals surface area contributed by atoms with E-state index in [1.807, 2.05) is 18.7 Å². The Labute approximate surface area is 79.1 Å². The van der Waals surface area contributed by atoms with Gasteiger partial charge in [-0.05, 0) is 20.3 Å². The summed E-state index contributed by atoms with van der Waals surface area (Å²) in [4.78, 5) is 15.3. The van der Waals surface area contributed by atoms with E-state index in [4.69, 9.17) is 5.11 Å². The van der Waals surface area contributed by atoms with E-state index >= 15 is 0 Å². The van der Waals surface area contributed by atoms with Crippen molar-refractivity contribution < 1.29 is 9.90 Å². The first-order valence-electron chi connectivity index (χ1n) is 4.83.